The first kappa shape index (κ1) is 29.3. The summed E-state index contributed by atoms with van der Waals surface area (Å²) >= 11 is 8.01. The van der Waals surface area contributed by atoms with Crippen LogP contribution in [0, 0.1) is 19.3 Å². The lowest BCUT2D eigenvalue weighted by molar-refractivity contribution is -0.0399. The second-order valence-corrected chi connectivity index (χ2v) is 12.7. The van der Waals surface area contributed by atoms with Crippen molar-refractivity contribution in [3.8, 4) is 11.5 Å². The smallest absolute Gasteiger partial charge is 0.254 e. The standard InChI is InChI=1S/C30H40ClN3O5S/c1-5-20(34-15-30(16-34)9-10-37-17-30)7-6-8-21-14-38-27-24(31)12-22(19(3)26(27)39-21)28(35)32-13-23-25(40-4)11-18(2)33-29(23)36/h11-12,20-21H,5-10,13-17H2,1-4H3,(H,32,35)(H,33,36). The number of likely N-dealkylation sites (tertiary alicyclic amines) is 1. The summed E-state index contributed by atoms with van der Waals surface area (Å²) in [5.41, 5.74) is 2.62. The molecule has 2 aromatic rings. The first-order valence-electron chi connectivity index (χ1n) is 14.2. The fraction of sp³-hybridized carbons (Fsp3) is 0.600. The summed E-state index contributed by atoms with van der Waals surface area (Å²) in [6, 6.07) is 4.11. The van der Waals surface area contributed by atoms with E-state index in [0.717, 1.165) is 62.6 Å². The van der Waals surface area contributed by atoms with Crippen molar-refractivity contribution in [3.63, 3.8) is 0 Å². The van der Waals surface area contributed by atoms with E-state index < -0.39 is 0 Å². The Labute approximate surface area is 245 Å². The molecule has 0 bridgehead atoms. The molecule has 2 saturated heterocycles. The van der Waals surface area contributed by atoms with Gasteiger partial charge in [-0.05, 0) is 64.3 Å². The van der Waals surface area contributed by atoms with Crippen LogP contribution in [-0.4, -0.2) is 67.1 Å². The Balaban J connectivity index is 1.19. The van der Waals surface area contributed by atoms with E-state index >= 15 is 0 Å². The van der Waals surface area contributed by atoms with Gasteiger partial charge in [0, 0.05) is 65.0 Å². The number of carbonyl (C=O) groups is 1. The van der Waals surface area contributed by atoms with Gasteiger partial charge in [-0.15, -0.1) is 11.8 Å². The number of nitrogens with one attached hydrogen (secondary N) is 2. The van der Waals surface area contributed by atoms with E-state index in [1.807, 2.05) is 26.2 Å². The van der Waals surface area contributed by atoms with Crippen LogP contribution >= 0.6 is 23.4 Å². The van der Waals surface area contributed by atoms with E-state index in [2.05, 4.69) is 22.1 Å². The van der Waals surface area contributed by atoms with Gasteiger partial charge in [0.05, 0.1) is 11.6 Å². The number of H-pyrrole nitrogens is 1. The van der Waals surface area contributed by atoms with Crippen LogP contribution in [0.1, 0.15) is 66.2 Å². The molecular formula is C30H40ClN3O5S. The molecule has 1 aromatic heterocycles. The normalized spacial score (nSPS) is 20.4. The number of rotatable bonds is 10. The zero-order chi connectivity index (χ0) is 28.4. The topological polar surface area (TPSA) is 92.9 Å². The molecule has 2 atom stereocenters. The van der Waals surface area contributed by atoms with Crippen molar-refractivity contribution in [3.05, 3.63) is 49.9 Å². The lowest BCUT2D eigenvalue weighted by Gasteiger charge is -2.51. The Morgan fingerprint density at radius 1 is 1.30 bits per heavy atom. The van der Waals surface area contributed by atoms with E-state index in [1.165, 1.54) is 18.2 Å². The molecule has 2 fully saturated rings. The molecule has 5 rings (SSSR count). The Kier molecular flexibility index (Phi) is 9.05. The Bertz CT molecular complexity index is 1300. The van der Waals surface area contributed by atoms with E-state index in [1.54, 1.807) is 6.07 Å². The van der Waals surface area contributed by atoms with Crippen LogP contribution in [-0.2, 0) is 11.3 Å². The van der Waals surface area contributed by atoms with Gasteiger partial charge in [0.1, 0.15) is 12.7 Å². The van der Waals surface area contributed by atoms with Gasteiger partial charge >= 0.3 is 0 Å². The molecule has 3 aliphatic heterocycles. The summed E-state index contributed by atoms with van der Waals surface area (Å²) in [6.07, 6.45) is 7.18. The van der Waals surface area contributed by atoms with Gasteiger partial charge in [-0.2, -0.15) is 0 Å². The number of pyridine rings is 1. The molecule has 8 nitrogen and oxygen atoms in total. The van der Waals surface area contributed by atoms with Crippen LogP contribution in [0.3, 0.4) is 0 Å². The highest BCUT2D eigenvalue weighted by Gasteiger charge is 2.47. The van der Waals surface area contributed by atoms with Crippen molar-refractivity contribution in [1.82, 2.24) is 15.2 Å². The molecule has 3 aliphatic rings. The first-order valence-corrected chi connectivity index (χ1v) is 15.8. The van der Waals surface area contributed by atoms with Crippen molar-refractivity contribution in [1.29, 1.82) is 0 Å². The molecule has 4 heterocycles. The third-order valence-corrected chi connectivity index (χ3v) is 9.65. The quantitative estimate of drug-likeness (QED) is 0.372. The zero-order valence-electron chi connectivity index (χ0n) is 23.9. The van der Waals surface area contributed by atoms with Crippen molar-refractivity contribution in [2.45, 2.75) is 76.5 Å². The van der Waals surface area contributed by atoms with E-state index in [-0.39, 0.29) is 24.1 Å². The number of carbonyl (C=O) groups excluding carboxylic acids is 1. The number of hydrogen-bond donors (Lipinski definition) is 2. The number of aryl methyl sites for hydroxylation is 1. The zero-order valence-corrected chi connectivity index (χ0v) is 25.4. The fourth-order valence-electron chi connectivity index (χ4n) is 6.23. The monoisotopic (exact) mass is 589 g/mol. The van der Waals surface area contributed by atoms with Crippen LogP contribution in [0.2, 0.25) is 5.02 Å². The lowest BCUT2D eigenvalue weighted by Crippen LogP contribution is -2.60. The summed E-state index contributed by atoms with van der Waals surface area (Å²) in [6.45, 7) is 10.6. The summed E-state index contributed by atoms with van der Waals surface area (Å²) in [7, 11) is 0. The van der Waals surface area contributed by atoms with E-state index in [9.17, 15) is 9.59 Å². The van der Waals surface area contributed by atoms with Crippen molar-refractivity contribution < 1.29 is 19.0 Å². The molecule has 10 heteroatoms. The maximum Gasteiger partial charge on any atom is 0.254 e. The summed E-state index contributed by atoms with van der Waals surface area (Å²) in [4.78, 5) is 32.0. The summed E-state index contributed by atoms with van der Waals surface area (Å²) < 4.78 is 18.1. The molecule has 2 unspecified atom stereocenters. The van der Waals surface area contributed by atoms with Crippen LogP contribution in [0.15, 0.2) is 21.8 Å². The van der Waals surface area contributed by atoms with Gasteiger partial charge in [-0.1, -0.05) is 18.5 Å². The average molecular weight is 590 g/mol. The molecule has 218 valence electrons. The number of nitrogens with zero attached hydrogens (tertiary/aromatic N) is 1. The maximum absolute atomic E-state index is 13.2. The van der Waals surface area contributed by atoms with Gasteiger partial charge in [0.15, 0.2) is 11.5 Å². The number of fused-ring (bicyclic) bond motifs is 1. The molecule has 1 spiro atoms. The molecule has 0 radical (unpaired) electrons. The Morgan fingerprint density at radius 3 is 2.80 bits per heavy atom. The number of thioether (sulfide) groups is 1. The Morgan fingerprint density at radius 2 is 2.10 bits per heavy atom. The summed E-state index contributed by atoms with van der Waals surface area (Å²) in [5, 5.41) is 3.23. The lowest BCUT2D eigenvalue weighted by atomic mass is 9.77. The second-order valence-electron chi connectivity index (χ2n) is 11.5. The SMILES string of the molecule is CCC(CCCC1COc2c(Cl)cc(C(=O)NCc3c(SC)cc(C)[nH]c3=O)c(C)c2O1)N1CC2(CCOC2)C1. The predicted octanol–water partition coefficient (Wildman–Crippen LogP) is 5.11. The average Bonchev–Trinajstić information content (AvgIpc) is 3.42. The van der Waals surface area contributed by atoms with E-state index in [4.69, 9.17) is 25.8 Å². The van der Waals surface area contributed by atoms with Gasteiger partial charge in [-0.25, -0.2) is 0 Å². The van der Waals surface area contributed by atoms with Gasteiger partial charge in [-0.3, -0.25) is 14.5 Å². The third-order valence-electron chi connectivity index (χ3n) is 8.57. The highest BCUT2D eigenvalue weighted by Crippen LogP contribution is 2.44. The van der Waals surface area contributed by atoms with Crippen molar-refractivity contribution in [2.24, 2.45) is 5.41 Å². The number of amides is 1. The van der Waals surface area contributed by atoms with Crippen LogP contribution in [0.5, 0.6) is 11.5 Å². The fourth-order valence-corrected chi connectivity index (χ4v) is 7.19. The number of hydrogen-bond acceptors (Lipinski definition) is 7. The number of halogens is 1. The number of ether oxygens (including phenoxy) is 3. The van der Waals surface area contributed by atoms with E-state index in [0.29, 0.717) is 51.3 Å². The highest BCUT2D eigenvalue weighted by atomic mass is 35.5. The van der Waals surface area contributed by atoms with Crippen LogP contribution in [0.4, 0.5) is 0 Å². The minimum atomic E-state index is -0.314. The van der Waals surface area contributed by atoms with Gasteiger partial charge in [0.25, 0.3) is 11.5 Å². The molecular weight excluding hydrogens is 550 g/mol. The molecule has 1 aromatic carbocycles. The molecule has 0 saturated carbocycles. The van der Waals surface area contributed by atoms with Gasteiger partial charge in [0.2, 0.25) is 0 Å². The Hall–Kier alpha value is -2.20. The number of aromatic amines is 1. The predicted molar refractivity (Wildman–Crippen MR) is 158 cm³/mol. The third kappa shape index (κ3) is 6.03. The number of benzene rings is 1. The van der Waals surface area contributed by atoms with Crippen molar-refractivity contribution in [2.75, 3.05) is 39.2 Å². The van der Waals surface area contributed by atoms with Crippen LogP contribution < -0.4 is 20.3 Å². The second kappa shape index (κ2) is 12.3. The first-order chi connectivity index (χ1) is 19.2. The largest absolute Gasteiger partial charge is 0.484 e. The molecule has 2 N–H and O–H groups in total. The van der Waals surface area contributed by atoms with Gasteiger partial charge < -0.3 is 24.5 Å². The van der Waals surface area contributed by atoms with Crippen LogP contribution in [0.25, 0.3) is 0 Å². The number of aromatic nitrogens is 1. The molecule has 0 aliphatic carbocycles. The highest BCUT2D eigenvalue weighted by molar-refractivity contribution is 7.98. The molecule has 40 heavy (non-hydrogen) atoms. The minimum Gasteiger partial charge on any atom is -0.484 e. The molecule has 1 amide bonds. The maximum atomic E-state index is 13.2. The minimum absolute atomic E-state index is 0.0979. The van der Waals surface area contributed by atoms with Crippen molar-refractivity contribution >= 4 is 29.3 Å². The summed E-state index contributed by atoms with van der Waals surface area (Å²) in [5.74, 6) is 0.707.